The predicted octanol–water partition coefficient (Wildman–Crippen LogP) is 2.91. The molecule has 3 fully saturated rings. The molecule has 1 atom stereocenters. The van der Waals surface area contributed by atoms with Gasteiger partial charge in [0.2, 0.25) is 0 Å². The molecule has 2 aliphatic heterocycles. The minimum Gasteiger partial charge on any atom is -0.488 e. The average Bonchev–Trinajstić information content (AvgIpc) is 3.24. The Hall–Kier alpha value is -2.28. The van der Waals surface area contributed by atoms with E-state index in [9.17, 15) is 14.7 Å². The summed E-state index contributed by atoms with van der Waals surface area (Å²) in [4.78, 5) is 27.5. The van der Waals surface area contributed by atoms with Crippen molar-refractivity contribution in [1.82, 2.24) is 15.1 Å². The van der Waals surface area contributed by atoms with Gasteiger partial charge in [0.25, 0.3) is 5.91 Å². The van der Waals surface area contributed by atoms with Gasteiger partial charge in [0.15, 0.2) is 0 Å². The number of ether oxygens (including phenoxy) is 1. The Morgan fingerprint density at radius 2 is 1.76 bits per heavy atom. The minimum atomic E-state index is -0.888. The van der Waals surface area contributed by atoms with Gasteiger partial charge in [-0.05, 0) is 42.5 Å². The van der Waals surface area contributed by atoms with Crippen LogP contribution in [0.5, 0.6) is 5.75 Å². The second-order valence-corrected chi connectivity index (χ2v) is 8.39. The zero-order valence-electron chi connectivity index (χ0n) is 16.9. The van der Waals surface area contributed by atoms with E-state index in [0.29, 0.717) is 25.4 Å². The highest BCUT2D eigenvalue weighted by atomic mass is 16.5. The molecule has 158 valence electrons. The lowest BCUT2D eigenvalue weighted by Gasteiger charge is -2.29. The summed E-state index contributed by atoms with van der Waals surface area (Å²) in [5.41, 5.74) is 1.86. The van der Waals surface area contributed by atoms with E-state index in [-0.39, 0.29) is 12.0 Å². The topological polar surface area (TPSA) is 82.1 Å². The largest absolute Gasteiger partial charge is 0.488 e. The molecule has 7 heteroatoms. The van der Waals surface area contributed by atoms with Crippen molar-refractivity contribution < 1.29 is 19.4 Å². The first-order chi connectivity index (χ1) is 14.1. The minimum absolute atomic E-state index is 0.0908. The molecule has 2 saturated heterocycles. The Morgan fingerprint density at radius 1 is 1.00 bits per heavy atom. The number of amides is 2. The van der Waals surface area contributed by atoms with Gasteiger partial charge in [-0.2, -0.15) is 0 Å². The number of benzene rings is 1. The molecule has 1 aromatic carbocycles. The molecule has 0 radical (unpaired) electrons. The Kier molecular flexibility index (Phi) is 6.23. The Balaban J connectivity index is 1.55. The average molecular weight is 402 g/mol. The number of piperazine rings is 1. The summed E-state index contributed by atoms with van der Waals surface area (Å²) in [6.45, 7) is 4.07. The molecule has 2 amide bonds. The lowest BCUT2D eigenvalue weighted by Crippen LogP contribution is -2.46. The number of carbonyl (C=O) groups excluding carboxylic acids is 1. The molecular formula is C22H31N3O4. The molecule has 1 saturated carbocycles. The molecule has 0 aromatic heterocycles. The van der Waals surface area contributed by atoms with Crippen molar-refractivity contribution >= 4 is 12.0 Å². The van der Waals surface area contributed by atoms with Crippen LogP contribution in [0, 0.1) is 0 Å². The van der Waals surface area contributed by atoms with Gasteiger partial charge in [0, 0.05) is 44.7 Å². The Labute approximate surface area is 172 Å². The standard InChI is InChI=1S/C22H31N3O4/c26-21(24-12-9-23-10-13-24)17-6-7-20(19(14-17)16-4-2-1-3-5-16)29-18-8-11-25(15-18)22(27)28/h6-7,14,16,18,23H,1-5,8-13,15H2,(H,27,28)/t18-/m0/s1. The second-order valence-electron chi connectivity index (χ2n) is 8.39. The number of nitrogens with one attached hydrogen (secondary N) is 1. The molecule has 1 aliphatic carbocycles. The monoisotopic (exact) mass is 401 g/mol. The van der Waals surface area contributed by atoms with Gasteiger partial charge in [0.1, 0.15) is 11.9 Å². The highest BCUT2D eigenvalue weighted by Crippen LogP contribution is 2.39. The molecular weight excluding hydrogens is 370 g/mol. The molecule has 3 aliphatic rings. The van der Waals surface area contributed by atoms with Gasteiger partial charge in [-0.25, -0.2) is 4.79 Å². The molecule has 4 rings (SSSR count). The quantitative estimate of drug-likeness (QED) is 0.811. The number of rotatable bonds is 4. The number of hydrogen-bond donors (Lipinski definition) is 2. The maximum atomic E-state index is 13.0. The molecule has 0 bridgehead atoms. The third-order valence-electron chi connectivity index (χ3n) is 6.42. The number of likely N-dealkylation sites (tertiary alicyclic amines) is 1. The van der Waals surface area contributed by atoms with E-state index in [0.717, 1.165) is 55.9 Å². The van der Waals surface area contributed by atoms with Crippen LogP contribution in [0.15, 0.2) is 18.2 Å². The van der Waals surface area contributed by atoms with Gasteiger partial charge >= 0.3 is 6.09 Å². The van der Waals surface area contributed by atoms with Gasteiger partial charge in [-0.15, -0.1) is 0 Å². The van der Waals surface area contributed by atoms with Crippen molar-refractivity contribution in [3.8, 4) is 5.75 Å². The smallest absolute Gasteiger partial charge is 0.407 e. The van der Waals surface area contributed by atoms with Gasteiger partial charge in [-0.1, -0.05) is 19.3 Å². The summed E-state index contributed by atoms with van der Waals surface area (Å²) in [7, 11) is 0. The van der Waals surface area contributed by atoms with Crippen LogP contribution in [0.4, 0.5) is 4.79 Å². The summed E-state index contributed by atoms with van der Waals surface area (Å²) in [5, 5.41) is 12.5. The molecule has 2 heterocycles. The summed E-state index contributed by atoms with van der Waals surface area (Å²) >= 11 is 0. The van der Waals surface area contributed by atoms with E-state index in [1.807, 2.05) is 23.1 Å². The van der Waals surface area contributed by atoms with E-state index in [2.05, 4.69) is 5.32 Å². The summed E-state index contributed by atoms with van der Waals surface area (Å²) in [5.74, 6) is 1.32. The first-order valence-electron chi connectivity index (χ1n) is 10.9. The van der Waals surface area contributed by atoms with Crippen LogP contribution >= 0.6 is 0 Å². The SMILES string of the molecule is O=C(O)N1CC[C@H](Oc2ccc(C(=O)N3CCNCC3)cc2C2CCCCC2)C1. The molecule has 29 heavy (non-hydrogen) atoms. The number of nitrogens with zero attached hydrogens (tertiary/aromatic N) is 2. The summed E-state index contributed by atoms with van der Waals surface area (Å²) in [6.07, 6.45) is 5.61. The van der Waals surface area contributed by atoms with E-state index >= 15 is 0 Å². The van der Waals surface area contributed by atoms with Crippen LogP contribution in [-0.2, 0) is 0 Å². The fourth-order valence-electron chi connectivity index (χ4n) is 4.75. The van der Waals surface area contributed by atoms with E-state index in [1.54, 1.807) is 0 Å². The van der Waals surface area contributed by atoms with Crippen LogP contribution < -0.4 is 10.1 Å². The molecule has 7 nitrogen and oxygen atoms in total. The van der Waals surface area contributed by atoms with Gasteiger partial charge in [-0.3, -0.25) is 4.79 Å². The third kappa shape index (κ3) is 4.66. The second kappa shape index (κ2) is 9.03. The lowest BCUT2D eigenvalue weighted by molar-refractivity contribution is 0.0735. The zero-order chi connectivity index (χ0) is 20.2. The third-order valence-corrected chi connectivity index (χ3v) is 6.42. The van der Waals surface area contributed by atoms with E-state index in [1.165, 1.54) is 24.2 Å². The molecule has 1 aromatic rings. The molecule has 2 N–H and O–H groups in total. The maximum absolute atomic E-state index is 13.0. The van der Waals surface area contributed by atoms with Crippen LogP contribution in [0.2, 0.25) is 0 Å². The van der Waals surface area contributed by atoms with Crippen molar-refractivity contribution in [2.45, 2.75) is 50.5 Å². The highest BCUT2D eigenvalue weighted by molar-refractivity contribution is 5.94. The highest BCUT2D eigenvalue weighted by Gasteiger charge is 2.29. The van der Waals surface area contributed by atoms with Crippen molar-refractivity contribution in [2.24, 2.45) is 0 Å². The summed E-state index contributed by atoms with van der Waals surface area (Å²) in [6, 6.07) is 5.85. The number of carboxylic acid groups (broad SMARTS) is 1. The zero-order valence-corrected chi connectivity index (χ0v) is 16.9. The fraction of sp³-hybridized carbons (Fsp3) is 0.636. The Bertz CT molecular complexity index is 742. The first kappa shape index (κ1) is 20.0. The van der Waals surface area contributed by atoms with Crippen LogP contribution in [0.25, 0.3) is 0 Å². The molecule has 0 unspecified atom stereocenters. The predicted molar refractivity (Wildman–Crippen MR) is 110 cm³/mol. The summed E-state index contributed by atoms with van der Waals surface area (Å²) < 4.78 is 6.28. The van der Waals surface area contributed by atoms with E-state index < -0.39 is 6.09 Å². The normalized spacial score (nSPS) is 23.2. The van der Waals surface area contributed by atoms with Gasteiger partial charge < -0.3 is 25.0 Å². The van der Waals surface area contributed by atoms with Crippen LogP contribution in [0.3, 0.4) is 0 Å². The Morgan fingerprint density at radius 3 is 2.45 bits per heavy atom. The van der Waals surface area contributed by atoms with Crippen LogP contribution in [-0.4, -0.2) is 72.3 Å². The first-order valence-corrected chi connectivity index (χ1v) is 10.9. The van der Waals surface area contributed by atoms with Crippen molar-refractivity contribution in [3.63, 3.8) is 0 Å². The van der Waals surface area contributed by atoms with Crippen molar-refractivity contribution in [3.05, 3.63) is 29.3 Å². The van der Waals surface area contributed by atoms with Crippen LogP contribution in [0.1, 0.15) is 60.4 Å². The number of carbonyl (C=O) groups is 2. The van der Waals surface area contributed by atoms with Gasteiger partial charge in [0.05, 0.1) is 6.54 Å². The van der Waals surface area contributed by atoms with Crippen molar-refractivity contribution in [1.29, 1.82) is 0 Å². The molecule has 0 spiro atoms. The maximum Gasteiger partial charge on any atom is 0.407 e. The lowest BCUT2D eigenvalue weighted by atomic mass is 9.83. The van der Waals surface area contributed by atoms with E-state index in [4.69, 9.17) is 4.74 Å². The number of hydrogen-bond acceptors (Lipinski definition) is 4. The van der Waals surface area contributed by atoms with Crippen molar-refractivity contribution in [2.75, 3.05) is 39.3 Å². The fourth-order valence-corrected chi connectivity index (χ4v) is 4.75.